The van der Waals surface area contributed by atoms with Gasteiger partial charge in [0.1, 0.15) is 0 Å². The largest absolute Gasteiger partial charge is 0.439 e. The Bertz CT molecular complexity index is 312. The number of nitrogens with one attached hydrogen (secondary N) is 2. The Labute approximate surface area is 76.2 Å². The summed E-state index contributed by atoms with van der Waals surface area (Å²) in [6.07, 6.45) is 1.60. The van der Waals surface area contributed by atoms with Gasteiger partial charge in [0.15, 0.2) is 0 Å². The average molecular weight is 181 g/mol. The van der Waals surface area contributed by atoms with Crippen molar-refractivity contribution in [3.8, 4) is 0 Å². The monoisotopic (exact) mass is 181 g/mol. The van der Waals surface area contributed by atoms with Crippen LogP contribution in [0.2, 0.25) is 0 Å². The summed E-state index contributed by atoms with van der Waals surface area (Å²) in [4.78, 5) is 11.3. The molecule has 6 nitrogen and oxygen atoms in total. The normalized spacial score (nSPS) is 9.77. The molecule has 0 fully saturated rings. The molecule has 13 heavy (non-hydrogen) atoms. The predicted molar refractivity (Wildman–Crippen MR) is 46.5 cm³/mol. The Kier molecular flexibility index (Phi) is 3.05. The first-order valence-electron chi connectivity index (χ1n) is 3.67. The van der Waals surface area contributed by atoms with Crippen LogP contribution in [0.15, 0.2) is 6.20 Å². The highest BCUT2D eigenvalue weighted by molar-refractivity contribution is 6.22. The molecule has 1 heterocycles. The lowest BCUT2D eigenvalue weighted by Crippen LogP contribution is -2.39. The van der Waals surface area contributed by atoms with Gasteiger partial charge >= 0.3 is 7.62 Å². The Morgan fingerprint density at radius 3 is 2.92 bits per heavy atom. The van der Waals surface area contributed by atoms with E-state index in [9.17, 15) is 4.79 Å². The van der Waals surface area contributed by atoms with E-state index in [0.717, 1.165) is 0 Å². The van der Waals surface area contributed by atoms with Crippen LogP contribution < -0.4 is 10.8 Å². The summed E-state index contributed by atoms with van der Waals surface area (Å²) in [6.45, 7) is 1.73. The van der Waals surface area contributed by atoms with Gasteiger partial charge in [-0.1, -0.05) is 0 Å². The Morgan fingerprint density at radius 1 is 1.77 bits per heavy atom. The molecular weight excluding hydrogens is 171 g/mol. The second-order valence-corrected chi connectivity index (χ2v) is 2.53. The topological polar surface area (TPSA) is 79.2 Å². The molecule has 0 aliphatic carbocycles. The molecule has 7 heteroatoms. The highest BCUT2D eigenvalue weighted by Crippen LogP contribution is 2.02. The first-order chi connectivity index (χ1) is 6.15. The first kappa shape index (κ1) is 9.75. The zero-order chi connectivity index (χ0) is 9.84. The molecule has 0 saturated heterocycles. The van der Waals surface area contributed by atoms with Gasteiger partial charge in [0.05, 0.1) is 11.3 Å². The summed E-state index contributed by atoms with van der Waals surface area (Å²) >= 11 is 0. The van der Waals surface area contributed by atoms with Crippen LogP contribution in [-0.2, 0) is 7.05 Å². The van der Waals surface area contributed by atoms with Crippen molar-refractivity contribution in [2.24, 2.45) is 7.05 Å². The van der Waals surface area contributed by atoms with Gasteiger partial charge in [0, 0.05) is 13.2 Å². The molecule has 0 bridgehead atoms. The highest BCUT2D eigenvalue weighted by atomic mass is 16.2. The summed E-state index contributed by atoms with van der Waals surface area (Å²) in [5.74, 6) is -0.337. The lowest BCUT2D eigenvalue weighted by molar-refractivity contribution is 0.0943. The molecule has 1 amide bonds. The lowest BCUT2D eigenvalue weighted by atomic mass is 10.2. The quantitative estimate of drug-likeness (QED) is 0.391. The van der Waals surface area contributed by atoms with Crippen LogP contribution >= 0.6 is 0 Å². The number of aromatic nitrogens is 2. The molecule has 0 atom stereocenters. The summed E-state index contributed by atoms with van der Waals surface area (Å²) in [7, 11) is 2.37. The zero-order valence-corrected chi connectivity index (χ0v) is 7.40. The van der Waals surface area contributed by atoms with Crippen molar-refractivity contribution in [1.82, 2.24) is 20.5 Å². The molecule has 0 aliphatic heterocycles. The molecule has 0 saturated carbocycles. The molecule has 69 valence electrons. The van der Waals surface area contributed by atoms with Gasteiger partial charge in [-0.25, -0.2) is 5.34 Å². The maximum Gasteiger partial charge on any atom is 0.413 e. The van der Waals surface area contributed by atoms with Gasteiger partial charge in [-0.3, -0.25) is 14.9 Å². The summed E-state index contributed by atoms with van der Waals surface area (Å²) in [6, 6.07) is 0. The summed E-state index contributed by atoms with van der Waals surface area (Å²) in [5.41, 5.74) is 3.36. The number of aryl methyl sites for hydroxylation is 2. The molecule has 3 N–H and O–H groups in total. The van der Waals surface area contributed by atoms with Crippen molar-refractivity contribution in [2.75, 3.05) is 0 Å². The summed E-state index contributed by atoms with van der Waals surface area (Å²) in [5, 5.41) is 14.4. The van der Waals surface area contributed by atoms with Gasteiger partial charge in [-0.2, -0.15) is 5.10 Å². The number of amides is 1. The van der Waals surface area contributed by atoms with Crippen molar-refractivity contribution in [3.63, 3.8) is 0 Å². The maximum absolute atomic E-state index is 11.3. The van der Waals surface area contributed by atoms with Crippen LogP contribution in [0.4, 0.5) is 0 Å². The van der Waals surface area contributed by atoms with E-state index in [1.165, 1.54) is 0 Å². The van der Waals surface area contributed by atoms with Gasteiger partial charge in [0.25, 0.3) is 5.91 Å². The molecular formula is C6H10BN4O2. The SMILES string of the molecule is Cc1nn(C)cc1C(=O)NN[B]O. The predicted octanol–water partition coefficient (Wildman–Crippen LogP) is -1.51. The maximum atomic E-state index is 11.3. The van der Waals surface area contributed by atoms with Gasteiger partial charge in [0.2, 0.25) is 0 Å². The Hall–Kier alpha value is -1.34. The van der Waals surface area contributed by atoms with E-state index in [4.69, 9.17) is 5.02 Å². The number of rotatable bonds is 3. The molecule has 1 aromatic rings. The van der Waals surface area contributed by atoms with Crippen LogP contribution in [0.1, 0.15) is 16.1 Å². The van der Waals surface area contributed by atoms with E-state index < -0.39 is 0 Å². The highest BCUT2D eigenvalue weighted by Gasteiger charge is 2.11. The Balaban J connectivity index is 2.70. The fourth-order valence-corrected chi connectivity index (χ4v) is 0.988. The van der Waals surface area contributed by atoms with Crippen molar-refractivity contribution < 1.29 is 9.82 Å². The van der Waals surface area contributed by atoms with Gasteiger partial charge in [-0.05, 0) is 6.92 Å². The van der Waals surface area contributed by atoms with Crippen molar-refractivity contribution in [3.05, 3.63) is 17.5 Å². The number of carbonyl (C=O) groups is 1. The van der Waals surface area contributed by atoms with E-state index in [2.05, 4.69) is 15.9 Å². The third-order valence-corrected chi connectivity index (χ3v) is 1.51. The molecule has 0 aromatic carbocycles. The lowest BCUT2D eigenvalue weighted by Gasteiger charge is -2.00. The molecule has 1 rings (SSSR count). The van der Waals surface area contributed by atoms with Gasteiger partial charge < -0.3 is 5.02 Å². The second-order valence-electron chi connectivity index (χ2n) is 2.53. The fraction of sp³-hybridized carbons (Fsp3) is 0.333. The fourth-order valence-electron chi connectivity index (χ4n) is 0.988. The molecule has 0 spiro atoms. The minimum absolute atomic E-state index is 0.337. The first-order valence-corrected chi connectivity index (χ1v) is 3.67. The minimum Gasteiger partial charge on any atom is -0.439 e. The van der Waals surface area contributed by atoms with Crippen molar-refractivity contribution in [2.45, 2.75) is 6.92 Å². The number of hydrogen-bond donors (Lipinski definition) is 3. The summed E-state index contributed by atoms with van der Waals surface area (Å²) < 4.78 is 1.55. The zero-order valence-electron chi connectivity index (χ0n) is 7.40. The van der Waals surface area contributed by atoms with E-state index in [-0.39, 0.29) is 5.91 Å². The van der Waals surface area contributed by atoms with Crippen LogP contribution in [0.5, 0.6) is 0 Å². The van der Waals surface area contributed by atoms with E-state index in [1.54, 1.807) is 24.9 Å². The average Bonchev–Trinajstić information content (AvgIpc) is 2.41. The van der Waals surface area contributed by atoms with Crippen LogP contribution in [0.25, 0.3) is 0 Å². The van der Waals surface area contributed by atoms with Crippen molar-refractivity contribution in [1.29, 1.82) is 0 Å². The second kappa shape index (κ2) is 4.06. The standard InChI is InChI=1S/C6H10BN4O2/c1-4-5(3-11(2)9-4)6(12)8-10-7-13/h3,10,13H,1-2H3,(H,8,12). The minimum atomic E-state index is -0.337. The van der Waals surface area contributed by atoms with E-state index >= 15 is 0 Å². The van der Waals surface area contributed by atoms with Crippen LogP contribution in [0.3, 0.4) is 0 Å². The van der Waals surface area contributed by atoms with Crippen LogP contribution in [-0.4, -0.2) is 28.3 Å². The van der Waals surface area contributed by atoms with Crippen LogP contribution in [0, 0.1) is 6.92 Å². The molecule has 1 aromatic heterocycles. The number of hydrogen-bond acceptors (Lipinski definition) is 4. The van der Waals surface area contributed by atoms with E-state index in [0.29, 0.717) is 18.9 Å². The number of hydrazine groups is 1. The molecule has 0 aliphatic rings. The van der Waals surface area contributed by atoms with Crippen molar-refractivity contribution >= 4 is 13.5 Å². The molecule has 1 radical (unpaired) electrons. The third kappa shape index (κ3) is 2.30. The molecule has 0 unspecified atom stereocenters. The third-order valence-electron chi connectivity index (χ3n) is 1.51. The Morgan fingerprint density at radius 2 is 2.46 bits per heavy atom. The van der Waals surface area contributed by atoms with E-state index in [1.807, 2.05) is 0 Å². The number of nitrogens with zero attached hydrogens (tertiary/aromatic N) is 2. The smallest absolute Gasteiger partial charge is 0.413 e. The number of carbonyl (C=O) groups excluding carboxylic acids is 1. The van der Waals surface area contributed by atoms with Gasteiger partial charge in [-0.15, -0.1) is 0 Å².